The van der Waals surface area contributed by atoms with Crippen molar-refractivity contribution in [1.82, 2.24) is 29.3 Å². The lowest BCUT2D eigenvalue weighted by Gasteiger charge is -2.08. The van der Waals surface area contributed by atoms with Crippen LogP contribution >= 0.6 is 11.6 Å². The van der Waals surface area contributed by atoms with Gasteiger partial charge in [-0.25, -0.2) is 9.50 Å². The third kappa shape index (κ3) is 3.41. The smallest absolute Gasteiger partial charge is 0.280 e. The van der Waals surface area contributed by atoms with Crippen LogP contribution in [0.25, 0.3) is 5.52 Å². The molecular formula is C18H17ClN6O3. The van der Waals surface area contributed by atoms with Crippen LogP contribution in [-0.2, 0) is 13.0 Å². The molecule has 0 bridgehead atoms. The summed E-state index contributed by atoms with van der Waals surface area (Å²) in [6.07, 6.45) is 0.801. The van der Waals surface area contributed by atoms with E-state index < -0.39 is 6.10 Å². The standard InChI is InChI=1S/C18H17ClN6O3/c1-10-17-18(27)24(9-20-25(17)11(2)21-10)8-16-22-15(23-28-16)7-14(26)12-3-5-13(19)6-4-12/h3-6,9,14,26H,7-8H2,1-2H3. The highest BCUT2D eigenvalue weighted by atomic mass is 35.5. The summed E-state index contributed by atoms with van der Waals surface area (Å²) >= 11 is 5.86. The van der Waals surface area contributed by atoms with Crippen LogP contribution in [0.5, 0.6) is 0 Å². The summed E-state index contributed by atoms with van der Waals surface area (Å²) in [6.45, 7) is 3.63. The van der Waals surface area contributed by atoms with Crippen molar-refractivity contribution in [3.05, 3.63) is 74.8 Å². The highest BCUT2D eigenvalue weighted by Crippen LogP contribution is 2.19. The topological polar surface area (TPSA) is 111 Å². The van der Waals surface area contributed by atoms with E-state index in [0.29, 0.717) is 33.4 Å². The van der Waals surface area contributed by atoms with E-state index in [9.17, 15) is 9.90 Å². The van der Waals surface area contributed by atoms with Crippen molar-refractivity contribution < 1.29 is 9.63 Å². The maximum atomic E-state index is 12.7. The molecule has 3 heterocycles. The maximum Gasteiger partial charge on any atom is 0.280 e. The van der Waals surface area contributed by atoms with Crippen LogP contribution in [-0.4, -0.2) is 34.4 Å². The number of aryl methyl sites for hydroxylation is 2. The third-order valence-electron chi connectivity index (χ3n) is 4.41. The number of nitrogens with zero attached hydrogens (tertiary/aromatic N) is 6. The first kappa shape index (κ1) is 18.3. The molecule has 0 aliphatic heterocycles. The Morgan fingerprint density at radius 2 is 1.96 bits per heavy atom. The second-order valence-electron chi connectivity index (χ2n) is 6.44. The summed E-state index contributed by atoms with van der Waals surface area (Å²) in [5, 5.41) is 19.0. The van der Waals surface area contributed by atoms with Crippen molar-refractivity contribution in [1.29, 1.82) is 0 Å². The first-order valence-corrected chi connectivity index (χ1v) is 8.96. The van der Waals surface area contributed by atoms with Gasteiger partial charge in [-0.05, 0) is 31.5 Å². The number of halogens is 1. The lowest BCUT2D eigenvalue weighted by molar-refractivity contribution is 0.174. The Morgan fingerprint density at radius 3 is 2.71 bits per heavy atom. The van der Waals surface area contributed by atoms with E-state index in [2.05, 4.69) is 20.2 Å². The van der Waals surface area contributed by atoms with Crippen molar-refractivity contribution in [2.75, 3.05) is 0 Å². The van der Waals surface area contributed by atoms with Crippen LogP contribution in [0.1, 0.15) is 34.9 Å². The fourth-order valence-corrected chi connectivity index (χ4v) is 3.14. The van der Waals surface area contributed by atoms with Crippen molar-refractivity contribution >= 4 is 17.1 Å². The van der Waals surface area contributed by atoms with Crippen molar-refractivity contribution in [3.8, 4) is 0 Å². The molecular weight excluding hydrogens is 384 g/mol. The number of aliphatic hydroxyl groups is 1. The first-order chi connectivity index (χ1) is 13.4. The van der Waals surface area contributed by atoms with E-state index >= 15 is 0 Å². The summed E-state index contributed by atoms with van der Waals surface area (Å²) in [5.41, 5.74) is 1.49. The molecule has 0 aliphatic rings. The second-order valence-corrected chi connectivity index (χ2v) is 6.88. The monoisotopic (exact) mass is 400 g/mol. The quantitative estimate of drug-likeness (QED) is 0.544. The molecule has 10 heteroatoms. The van der Waals surface area contributed by atoms with Gasteiger partial charge in [-0.2, -0.15) is 10.1 Å². The molecule has 1 N–H and O–H groups in total. The zero-order valence-electron chi connectivity index (χ0n) is 15.2. The van der Waals surface area contributed by atoms with Gasteiger partial charge in [-0.15, -0.1) is 0 Å². The minimum absolute atomic E-state index is 0.0794. The molecule has 0 radical (unpaired) electrons. The van der Waals surface area contributed by atoms with Crippen molar-refractivity contribution in [2.24, 2.45) is 0 Å². The van der Waals surface area contributed by atoms with Gasteiger partial charge < -0.3 is 9.63 Å². The molecule has 0 saturated carbocycles. The van der Waals surface area contributed by atoms with Crippen LogP contribution in [0, 0.1) is 13.8 Å². The van der Waals surface area contributed by atoms with Gasteiger partial charge in [0.2, 0.25) is 5.89 Å². The Hall–Kier alpha value is -3.04. The molecule has 1 aromatic carbocycles. The van der Waals surface area contributed by atoms with Gasteiger partial charge in [-0.1, -0.05) is 28.9 Å². The van der Waals surface area contributed by atoms with Crippen LogP contribution in [0.15, 0.2) is 39.9 Å². The highest BCUT2D eigenvalue weighted by molar-refractivity contribution is 6.30. The maximum absolute atomic E-state index is 12.7. The molecule has 0 saturated heterocycles. The molecule has 28 heavy (non-hydrogen) atoms. The predicted octanol–water partition coefficient (Wildman–Crippen LogP) is 1.87. The van der Waals surface area contributed by atoms with Gasteiger partial charge in [0, 0.05) is 11.4 Å². The van der Waals surface area contributed by atoms with E-state index in [-0.39, 0.29) is 24.4 Å². The second kappa shape index (κ2) is 7.17. The molecule has 0 amide bonds. The van der Waals surface area contributed by atoms with E-state index in [4.69, 9.17) is 16.1 Å². The van der Waals surface area contributed by atoms with Gasteiger partial charge in [0.15, 0.2) is 11.3 Å². The molecule has 144 valence electrons. The van der Waals surface area contributed by atoms with Gasteiger partial charge in [0.05, 0.1) is 11.8 Å². The molecule has 0 aliphatic carbocycles. The molecule has 4 rings (SSSR count). The van der Waals surface area contributed by atoms with Crippen LogP contribution < -0.4 is 5.56 Å². The molecule has 1 atom stereocenters. The minimum atomic E-state index is -0.791. The number of benzene rings is 1. The zero-order valence-corrected chi connectivity index (χ0v) is 16.0. The number of aromatic nitrogens is 6. The van der Waals surface area contributed by atoms with E-state index in [0.717, 1.165) is 0 Å². The Labute approximate surface area is 164 Å². The Morgan fingerprint density at radius 1 is 1.21 bits per heavy atom. The average Bonchev–Trinajstić information content (AvgIpc) is 3.22. The van der Waals surface area contributed by atoms with E-state index in [1.54, 1.807) is 38.1 Å². The van der Waals surface area contributed by atoms with Crippen LogP contribution in [0.3, 0.4) is 0 Å². The number of fused-ring (bicyclic) bond motifs is 1. The molecule has 3 aromatic heterocycles. The largest absolute Gasteiger partial charge is 0.388 e. The normalized spacial score (nSPS) is 12.6. The number of aliphatic hydroxyl groups excluding tert-OH is 1. The number of hydrogen-bond donors (Lipinski definition) is 1. The average molecular weight is 401 g/mol. The lowest BCUT2D eigenvalue weighted by Crippen LogP contribution is -2.24. The van der Waals surface area contributed by atoms with Crippen LogP contribution in [0.4, 0.5) is 0 Å². The Bertz CT molecular complexity index is 1190. The SMILES string of the molecule is Cc1nc(C)n2ncn(Cc3nc(CC(O)c4ccc(Cl)cc4)no3)c(=O)c12. The number of imidazole rings is 1. The number of hydrogen-bond acceptors (Lipinski definition) is 7. The fraction of sp³-hybridized carbons (Fsp3) is 0.278. The molecule has 1 unspecified atom stereocenters. The Balaban J connectivity index is 1.53. The predicted molar refractivity (Wildman–Crippen MR) is 100 cm³/mol. The van der Waals surface area contributed by atoms with E-state index in [1.807, 2.05) is 0 Å². The molecule has 0 spiro atoms. The van der Waals surface area contributed by atoms with Gasteiger partial charge >= 0.3 is 0 Å². The molecule has 9 nitrogen and oxygen atoms in total. The summed E-state index contributed by atoms with van der Waals surface area (Å²) in [4.78, 5) is 21.2. The molecule has 0 fully saturated rings. The van der Waals surface area contributed by atoms with Gasteiger partial charge in [-0.3, -0.25) is 9.36 Å². The fourth-order valence-electron chi connectivity index (χ4n) is 3.02. The van der Waals surface area contributed by atoms with Crippen LogP contribution in [0.2, 0.25) is 5.02 Å². The third-order valence-corrected chi connectivity index (χ3v) is 4.66. The summed E-state index contributed by atoms with van der Waals surface area (Å²) in [6, 6.07) is 6.89. The number of rotatable bonds is 5. The summed E-state index contributed by atoms with van der Waals surface area (Å²) < 4.78 is 8.12. The van der Waals surface area contributed by atoms with E-state index in [1.165, 1.54) is 15.4 Å². The lowest BCUT2D eigenvalue weighted by atomic mass is 10.1. The first-order valence-electron chi connectivity index (χ1n) is 8.58. The van der Waals surface area contributed by atoms with Gasteiger partial charge in [0.25, 0.3) is 5.56 Å². The summed E-state index contributed by atoms with van der Waals surface area (Å²) in [7, 11) is 0. The zero-order chi connectivity index (χ0) is 19.8. The summed E-state index contributed by atoms with van der Waals surface area (Å²) in [5.74, 6) is 1.24. The van der Waals surface area contributed by atoms with Gasteiger partial charge in [0.1, 0.15) is 18.7 Å². The Kier molecular flexibility index (Phi) is 4.70. The molecule has 4 aromatic rings. The van der Waals surface area contributed by atoms with Crippen molar-refractivity contribution in [3.63, 3.8) is 0 Å². The van der Waals surface area contributed by atoms with Crippen molar-refractivity contribution in [2.45, 2.75) is 32.9 Å². The minimum Gasteiger partial charge on any atom is -0.388 e. The highest BCUT2D eigenvalue weighted by Gasteiger charge is 2.16.